The van der Waals surface area contributed by atoms with Gasteiger partial charge in [0.25, 0.3) is 15.7 Å². The molecule has 2 aromatic rings. The number of nitrogens with one attached hydrogen (secondary N) is 1. The number of nitrogens with zero attached hydrogens (tertiary/aromatic N) is 1. The normalized spacial score (nSPS) is 11.1. The summed E-state index contributed by atoms with van der Waals surface area (Å²) in [5.74, 6) is 0.403. The monoisotopic (exact) mass is 356 g/mol. The number of methoxy groups -OCH3 is 1. The van der Waals surface area contributed by atoms with Gasteiger partial charge in [0, 0.05) is 11.6 Å². The van der Waals surface area contributed by atoms with E-state index in [1.54, 1.807) is 0 Å². The number of benzene rings is 2. The molecule has 0 aliphatic carbocycles. The Hall–Kier alpha value is -2.32. The molecule has 122 valence electrons. The quantitative estimate of drug-likeness (QED) is 0.654. The molecule has 0 radical (unpaired) electrons. The molecule has 2 aromatic carbocycles. The number of ether oxygens (including phenoxy) is 1. The van der Waals surface area contributed by atoms with Crippen LogP contribution in [0.25, 0.3) is 0 Å². The molecule has 23 heavy (non-hydrogen) atoms. The first-order valence-electron chi connectivity index (χ1n) is 6.36. The molecule has 0 bridgehead atoms. The van der Waals surface area contributed by atoms with Crippen molar-refractivity contribution < 1.29 is 18.1 Å². The summed E-state index contributed by atoms with van der Waals surface area (Å²) in [6.45, 7) is 1.53. The van der Waals surface area contributed by atoms with Gasteiger partial charge >= 0.3 is 0 Å². The van der Waals surface area contributed by atoms with Crippen molar-refractivity contribution in [1.82, 2.24) is 0 Å². The van der Waals surface area contributed by atoms with Crippen LogP contribution in [0.4, 0.5) is 11.4 Å². The third kappa shape index (κ3) is 3.72. The molecule has 0 saturated carbocycles. The Morgan fingerprint density at radius 3 is 2.48 bits per heavy atom. The molecular formula is C14H13ClN2O5S. The molecule has 0 heterocycles. The topological polar surface area (TPSA) is 98.5 Å². The van der Waals surface area contributed by atoms with Crippen LogP contribution in [0.15, 0.2) is 41.3 Å². The van der Waals surface area contributed by atoms with Crippen molar-refractivity contribution in [3.63, 3.8) is 0 Å². The van der Waals surface area contributed by atoms with Gasteiger partial charge in [0.2, 0.25) is 0 Å². The molecule has 2 rings (SSSR count). The summed E-state index contributed by atoms with van der Waals surface area (Å²) >= 11 is 5.94. The zero-order valence-electron chi connectivity index (χ0n) is 12.2. The number of hydrogen-bond acceptors (Lipinski definition) is 5. The lowest BCUT2D eigenvalue weighted by Gasteiger charge is -2.10. The van der Waals surface area contributed by atoms with Crippen molar-refractivity contribution in [2.45, 2.75) is 11.8 Å². The number of aryl methyl sites for hydroxylation is 1. The average Bonchev–Trinajstić information content (AvgIpc) is 2.47. The molecular weight excluding hydrogens is 344 g/mol. The summed E-state index contributed by atoms with van der Waals surface area (Å²) in [6.07, 6.45) is 0. The number of nitro benzene ring substituents is 1. The molecule has 0 spiro atoms. The van der Waals surface area contributed by atoms with Crippen LogP contribution in [-0.4, -0.2) is 20.5 Å². The van der Waals surface area contributed by atoms with Crippen molar-refractivity contribution in [3.05, 3.63) is 57.1 Å². The van der Waals surface area contributed by atoms with E-state index in [2.05, 4.69) is 4.72 Å². The summed E-state index contributed by atoms with van der Waals surface area (Å²) in [5, 5.41) is 11.2. The first-order valence-corrected chi connectivity index (χ1v) is 8.22. The second-order valence-corrected chi connectivity index (χ2v) is 6.75. The first kappa shape index (κ1) is 17.0. The zero-order valence-corrected chi connectivity index (χ0v) is 13.8. The van der Waals surface area contributed by atoms with Gasteiger partial charge in [-0.2, -0.15) is 0 Å². The Balaban J connectivity index is 2.37. The fraction of sp³-hybridized carbons (Fsp3) is 0.143. The van der Waals surface area contributed by atoms with Crippen molar-refractivity contribution in [1.29, 1.82) is 0 Å². The minimum atomic E-state index is -3.98. The summed E-state index contributed by atoms with van der Waals surface area (Å²) in [5.41, 5.74) is 0.334. The molecule has 0 saturated heterocycles. The third-order valence-electron chi connectivity index (χ3n) is 3.09. The van der Waals surface area contributed by atoms with Crippen LogP contribution in [0.2, 0.25) is 5.02 Å². The Kier molecular flexibility index (Phi) is 4.76. The fourth-order valence-corrected chi connectivity index (χ4v) is 3.22. The van der Waals surface area contributed by atoms with E-state index in [-0.39, 0.29) is 21.3 Å². The van der Waals surface area contributed by atoms with Gasteiger partial charge in [-0.3, -0.25) is 14.8 Å². The smallest absolute Gasteiger partial charge is 0.273 e. The van der Waals surface area contributed by atoms with Gasteiger partial charge in [-0.25, -0.2) is 8.42 Å². The van der Waals surface area contributed by atoms with Crippen molar-refractivity contribution in [2.24, 2.45) is 0 Å². The van der Waals surface area contributed by atoms with Crippen LogP contribution in [0.3, 0.4) is 0 Å². The Bertz CT molecular complexity index is 867. The van der Waals surface area contributed by atoms with Crippen LogP contribution >= 0.6 is 11.6 Å². The second-order valence-electron chi connectivity index (χ2n) is 4.66. The molecule has 9 heteroatoms. The van der Waals surface area contributed by atoms with Crippen LogP contribution in [0.1, 0.15) is 5.56 Å². The van der Waals surface area contributed by atoms with Crippen molar-refractivity contribution in [2.75, 3.05) is 11.8 Å². The lowest BCUT2D eigenvalue weighted by molar-refractivity contribution is -0.385. The first-order chi connectivity index (χ1) is 10.7. The van der Waals surface area contributed by atoms with Gasteiger partial charge in [-0.15, -0.1) is 0 Å². The summed E-state index contributed by atoms with van der Waals surface area (Å²) in [4.78, 5) is 10.1. The van der Waals surface area contributed by atoms with Crippen molar-refractivity contribution in [3.8, 4) is 5.75 Å². The van der Waals surface area contributed by atoms with E-state index in [0.717, 1.165) is 6.07 Å². The van der Waals surface area contributed by atoms with Gasteiger partial charge in [-0.05, 0) is 31.2 Å². The molecule has 0 atom stereocenters. The Labute approximate surface area is 138 Å². The molecule has 0 aliphatic rings. The standard InChI is InChI=1S/C14H13ClN2O5S/c1-9-3-5-11(8-13(9)17(18)19)23(20,21)16-10-4-6-14(22-2)12(15)7-10/h3-8,16H,1-2H3. The second kappa shape index (κ2) is 6.43. The molecule has 1 N–H and O–H groups in total. The van der Waals surface area contributed by atoms with E-state index in [0.29, 0.717) is 11.3 Å². The number of halogens is 1. The summed E-state index contributed by atoms with van der Waals surface area (Å²) in [7, 11) is -2.54. The van der Waals surface area contributed by atoms with Gasteiger partial charge in [0.05, 0.1) is 27.6 Å². The van der Waals surface area contributed by atoms with E-state index in [4.69, 9.17) is 16.3 Å². The number of sulfonamides is 1. The summed E-state index contributed by atoms with van der Waals surface area (Å²) < 4.78 is 32.0. The summed E-state index contributed by atoms with van der Waals surface area (Å²) in [6, 6.07) is 8.08. The lowest BCUT2D eigenvalue weighted by atomic mass is 10.2. The molecule has 0 aliphatic heterocycles. The fourth-order valence-electron chi connectivity index (χ4n) is 1.90. The highest BCUT2D eigenvalue weighted by atomic mass is 35.5. The maximum Gasteiger partial charge on any atom is 0.273 e. The lowest BCUT2D eigenvalue weighted by Crippen LogP contribution is -2.13. The number of anilines is 1. The number of nitro groups is 1. The van der Waals surface area contributed by atoms with Gasteiger partial charge in [-0.1, -0.05) is 17.7 Å². The van der Waals surface area contributed by atoms with E-state index in [1.807, 2.05) is 0 Å². The molecule has 7 nitrogen and oxygen atoms in total. The van der Waals surface area contributed by atoms with E-state index >= 15 is 0 Å². The molecule has 0 unspecified atom stereocenters. The van der Waals surface area contributed by atoms with Crippen LogP contribution in [0.5, 0.6) is 5.75 Å². The highest BCUT2D eigenvalue weighted by Gasteiger charge is 2.20. The van der Waals surface area contributed by atoms with E-state index in [9.17, 15) is 18.5 Å². The predicted octanol–water partition coefficient (Wildman–Crippen LogP) is 3.37. The van der Waals surface area contributed by atoms with Crippen molar-refractivity contribution >= 4 is 33.0 Å². The SMILES string of the molecule is COc1ccc(NS(=O)(=O)c2ccc(C)c([N+](=O)[O-])c2)cc1Cl. The molecule has 0 aromatic heterocycles. The Morgan fingerprint density at radius 1 is 1.22 bits per heavy atom. The zero-order chi connectivity index (χ0) is 17.2. The number of rotatable bonds is 5. The van der Waals surface area contributed by atoms with Crippen LogP contribution in [-0.2, 0) is 10.0 Å². The average molecular weight is 357 g/mol. The minimum Gasteiger partial charge on any atom is -0.495 e. The highest BCUT2D eigenvalue weighted by Crippen LogP contribution is 2.29. The van der Waals surface area contributed by atoms with Gasteiger partial charge in [0.15, 0.2) is 0 Å². The van der Waals surface area contributed by atoms with Crippen LogP contribution < -0.4 is 9.46 Å². The largest absolute Gasteiger partial charge is 0.495 e. The predicted molar refractivity (Wildman–Crippen MR) is 86.6 cm³/mol. The van der Waals surface area contributed by atoms with Gasteiger partial charge < -0.3 is 4.74 Å². The highest BCUT2D eigenvalue weighted by molar-refractivity contribution is 7.92. The maximum atomic E-state index is 12.3. The van der Waals surface area contributed by atoms with Crippen LogP contribution in [0, 0.1) is 17.0 Å². The molecule has 0 fully saturated rings. The van der Waals surface area contributed by atoms with Gasteiger partial charge in [0.1, 0.15) is 5.75 Å². The van der Waals surface area contributed by atoms with E-state index < -0.39 is 14.9 Å². The minimum absolute atomic E-state index is 0.207. The molecule has 0 amide bonds. The number of hydrogen-bond donors (Lipinski definition) is 1. The van der Waals surface area contributed by atoms with E-state index in [1.165, 1.54) is 44.4 Å². The maximum absolute atomic E-state index is 12.3. The third-order valence-corrected chi connectivity index (χ3v) is 4.77. The Morgan fingerprint density at radius 2 is 1.91 bits per heavy atom.